The van der Waals surface area contributed by atoms with Crippen molar-refractivity contribution in [1.82, 2.24) is 5.32 Å². The molecule has 0 radical (unpaired) electrons. The highest BCUT2D eigenvalue weighted by Gasteiger charge is 2.23. The Morgan fingerprint density at radius 3 is 2.39 bits per heavy atom. The number of carbonyl (C=O) groups excluding carboxylic acids is 2. The van der Waals surface area contributed by atoms with Crippen molar-refractivity contribution in [1.29, 1.82) is 0 Å². The number of amides is 2. The van der Waals surface area contributed by atoms with Crippen molar-refractivity contribution in [3.05, 3.63) is 0 Å². The molecule has 0 heterocycles. The summed E-state index contributed by atoms with van der Waals surface area (Å²) in [5.74, 6) is -0.787. The Balaban J connectivity index is 3.88. The van der Waals surface area contributed by atoms with Crippen molar-refractivity contribution in [2.45, 2.75) is 27.2 Å². The molecule has 0 fully saturated rings. The van der Waals surface area contributed by atoms with Gasteiger partial charge in [0.15, 0.2) is 0 Å². The van der Waals surface area contributed by atoms with Crippen LogP contribution in [0.25, 0.3) is 0 Å². The maximum atomic E-state index is 11.8. The SMILES string of the molecule is CC(C)(C)CC(CN)C(=O)NCCOCC(N)=O. The van der Waals surface area contributed by atoms with Crippen molar-refractivity contribution in [3.63, 3.8) is 0 Å². The average Bonchev–Trinajstić information content (AvgIpc) is 2.23. The molecule has 106 valence electrons. The number of hydrogen-bond acceptors (Lipinski definition) is 4. The van der Waals surface area contributed by atoms with Crippen LogP contribution in [-0.2, 0) is 14.3 Å². The van der Waals surface area contributed by atoms with Crippen LogP contribution in [0.3, 0.4) is 0 Å². The molecule has 0 rings (SSSR count). The molecule has 0 bridgehead atoms. The Morgan fingerprint density at radius 1 is 1.33 bits per heavy atom. The van der Waals surface area contributed by atoms with Crippen molar-refractivity contribution in [2.75, 3.05) is 26.3 Å². The molecule has 0 saturated heterocycles. The Labute approximate surface area is 108 Å². The lowest BCUT2D eigenvalue weighted by Gasteiger charge is -2.24. The smallest absolute Gasteiger partial charge is 0.243 e. The first-order chi connectivity index (χ1) is 8.26. The molecule has 6 heteroatoms. The van der Waals surface area contributed by atoms with E-state index in [1.807, 2.05) is 0 Å². The van der Waals surface area contributed by atoms with E-state index in [2.05, 4.69) is 26.1 Å². The summed E-state index contributed by atoms with van der Waals surface area (Å²) >= 11 is 0. The van der Waals surface area contributed by atoms with Crippen LogP contribution < -0.4 is 16.8 Å². The van der Waals surface area contributed by atoms with Gasteiger partial charge in [0.05, 0.1) is 12.5 Å². The van der Waals surface area contributed by atoms with Crippen molar-refractivity contribution < 1.29 is 14.3 Å². The largest absolute Gasteiger partial charge is 0.370 e. The lowest BCUT2D eigenvalue weighted by atomic mass is 9.84. The zero-order valence-corrected chi connectivity index (χ0v) is 11.5. The van der Waals surface area contributed by atoms with Crippen LogP contribution in [-0.4, -0.2) is 38.1 Å². The molecule has 1 unspecified atom stereocenters. The van der Waals surface area contributed by atoms with Crippen LogP contribution in [0.4, 0.5) is 0 Å². The number of hydrogen-bond donors (Lipinski definition) is 3. The number of primary amides is 1. The van der Waals surface area contributed by atoms with Gasteiger partial charge in [0.2, 0.25) is 11.8 Å². The predicted octanol–water partition coefficient (Wildman–Crippen LogP) is -0.384. The van der Waals surface area contributed by atoms with Gasteiger partial charge in [-0.25, -0.2) is 0 Å². The van der Waals surface area contributed by atoms with Gasteiger partial charge < -0.3 is 21.5 Å². The summed E-state index contributed by atoms with van der Waals surface area (Å²) in [5.41, 5.74) is 10.6. The number of rotatable bonds is 8. The third kappa shape index (κ3) is 8.95. The topological polar surface area (TPSA) is 107 Å². The molecule has 18 heavy (non-hydrogen) atoms. The van der Waals surface area contributed by atoms with E-state index in [0.717, 1.165) is 6.42 Å². The number of ether oxygens (including phenoxy) is 1. The Kier molecular flexibility index (Phi) is 7.54. The van der Waals surface area contributed by atoms with E-state index in [9.17, 15) is 9.59 Å². The van der Waals surface area contributed by atoms with Crippen molar-refractivity contribution in [2.24, 2.45) is 22.8 Å². The average molecular weight is 259 g/mol. The second-order valence-corrected chi connectivity index (χ2v) is 5.51. The quantitative estimate of drug-likeness (QED) is 0.516. The van der Waals surface area contributed by atoms with Gasteiger partial charge in [0.25, 0.3) is 0 Å². The Hall–Kier alpha value is -1.14. The van der Waals surface area contributed by atoms with Crippen molar-refractivity contribution in [3.8, 4) is 0 Å². The normalized spacial score (nSPS) is 13.1. The molecule has 0 saturated carbocycles. The highest BCUT2D eigenvalue weighted by molar-refractivity contribution is 5.78. The minimum atomic E-state index is -0.520. The molecule has 0 aliphatic rings. The van der Waals surface area contributed by atoms with E-state index >= 15 is 0 Å². The second-order valence-electron chi connectivity index (χ2n) is 5.51. The van der Waals surface area contributed by atoms with E-state index < -0.39 is 5.91 Å². The number of nitrogens with two attached hydrogens (primary N) is 2. The zero-order chi connectivity index (χ0) is 14.2. The molecule has 0 aromatic heterocycles. The van der Waals surface area contributed by atoms with Gasteiger partial charge in [-0.2, -0.15) is 0 Å². The van der Waals surface area contributed by atoms with E-state index in [1.165, 1.54) is 0 Å². The van der Waals surface area contributed by atoms with Crippen LogP contribution >= 0.6 is 0 Å². The van der Waals surface area contributed by atoms with Gasteiger partial charge in [0.1, 0.15) is 6.61 Å². The molecule has 0 aromatic carbocycles. The van der Waals surface area contributed by atoms with Crippen LogP contribution in [0.15, 0.2) is 0 Å². The molecular formula is C12H25N3O3. The fourth-order valence-corrected chi connectivity index (χ4v) is 1.59. The molecule has 1 atom stereocenters. The summed E-state index contributed by atoms with van der Waals surface area (Å²) in [6, 6.07) is 0. The van der Waals surface area contributed by atoms with Gasteiger partial charge in [-0.1, -0.05) is 20.8 Å². The molecule has 6 nitrogen and oxygen atoms in total. The lowest BCUT2D eigenvalue weighted by molar-refractivity contribution is -0.126. The molecular weight excluding hydrogens is 234 g/mol. The maximum absolute atomic E-state index is 11.8. The molecule has 5 N–H and O–H groups in total. The highest BCUT2D eigenvalue weighted by atomic mass is 16.5. The first-order valence-corrected chi connectivity index (χ1v) is 6.10. The number of nitrogens with one attached hydrogen (secondary N) is 1. The highest BCUT2D eigenvalue weighted by Crippen LogP contribution is 2.23. The van der Waals surface area contributed by atoms with Crippen LogP contribution in [0.5, 0.6) is 0 Å². The third-order valence-electron chi connectivity index (χ3n) is 2.30. The summed E-state index contributed by atoms with van der Waals surface area (Å²) in [7, 11) is 0. The maximum Gasteiger partial charge on any atom is 0.243 e. The summed E-state index contributed by atoms with van der Waals surface area (Å²) in [5, 5.41) is 2.73. The van der Waals surface area contributed by atoms with E-state index in [-0.39, 0.29) is 30.5 Å². The fraction of sp³-hybridized carbons (Fsp3) is 0.833. The predicted molar refractivity (Wildman–Crippen MR) is 69.6 cm³/mol. The monoisotopic (exact) mass is 259 g/mol. The van der Waals surface area contributed by atoms with Gasteiger partial charge in [-0.15, -0.1) is 0 Å². The van der Waals surface area contributed by atoms with E-state index in [1.54, 1.807) is 0 Å². The molecule has 0 aromatic rings. The zero-order valence-electron chi connectivity index (χ0n) is 11.5. The van der Waals surface area contributed by atoms with Crippen LogP contribution in [0, 0.1) is 11.3 Å². The number of carbonyl (C=O) groups is 2. The minimum absolute atomic E-state index is 0.0594. The van der Waals surface area contributed by atoms with E-state index in [0.29, 0.717) is 13.1 Å². The van der Waals surface area contributed by atoms with Gasteiger partial charge in [-0.05, 0) is 11.8 Å². The summed E-state index contributed by atoms with van der Waals surface area (Å²) < 4.78 is 4.94. The van der Waals surface area contributed by atoms with Gasteiger partial charge >= 0.3 is 0 Å². The molecule has 0 aliphatic carbocycles. The molecule has 0 spiro atoms. The lowest BCUT2D eigenvalue weighted by Crippen LogP contribution is -2.38. The Bertz CT molecular complexity index is 274. The third-order valence-corrected chi connectivity index (χ3v) is 2.30. The first kappa shape index (κ1) is 16.9. The summed E-state index contributed by atoms with van der Waals surface area (Å²) in [4.78, 5) is 22.2. The Morgan fingerprint density at radius 2 is 1.94 bits per heavy atom. The van der Waals surface area contributed by atoms with Gasteiger partial charge in [0, 0.05) is 13.1 Å². The van der Waals surface area contributed by atoms with Gasteiger partial charge in [-0.3, -0.25) is 9.59 Å². The molecule has 2 amide bonds. The minimum Gasteiger partial charge on any atom is -0.370 e. The molecule has 0 aliphatic heterocycles. The summed E-state index contributed by atoms with van der Waals surface area (Å²) in [6.07, 6.45) is 0.734. The fourth-order valence-electron chi connectivity index (χ4n) is 1.59. The standard InChI is InChI=1S/C12H25N3O3/c1-12(2,3)6-9(7-13)11(17)15-4-5-18-8-10(14)16/h9H,4-8,13H2,1-3H3,(H2,14,16)(H,15,17). The second kappa shape index (κ2) is 8.05. The van der Waals surface area contributed by atoms with Crippen molar-refractivity contribution >= 4 is 11.8 Å². The van der Waals surface area contributed by atoms with Crippen LogP contribution in [0.2, 0.25) is 0 Å². The van der Waals surface area contributed by atoms with E-state index in [4.69, 9.17) is 16.2 Å². The summed E-state index contributed by atoms with van der Waals surface area (Å²) in [6.45, 7) is 7.02. The van der Waals surface area contributed by atoms with Crippen LogP contribution in [0.1, 0.15) is 27.2 Å². The first-order valence-electron chi connectivity index (χ1n) is 6.10.